The van der Waals surface area contributed by atoms with E-state index in [0.717, 1.165) is 6.07 Å². The number of nitrogen functional groups attached to an aromatic ring is 1. The number of esters is 1. The van der Waals surface area contributed by atoms with E-state index in [2.05, 4.69) is 20.7 Å². The molecule has 0 fully saturated rings. The molecule has 4 rings (SSSR count). The van der Waals surface area contributed by atoms with Crippen LogP contribution in [-0.4, -0.2) is 33.9 Å². The van der Waals surface area contributed by atoms with Crippen LogP contribution in [0.5, 0.6) is 11.5 Å². The van der Waals surface area contributed by atoms with Gasteiger partial charge in [0.15, 0.2) is 0 Å². The lowest BCUT2D eigenvalue weighted by Gasteiger charge is -2.14. The Kier molecular flexibility index (Phi) is 7.28. The third-order valence-electron chi connectivity index (χ3n) is 5.41. The number of urea groups is 1. The van der Waals surface area contributed by atoms with E-state index in [0.29, 0.717) is 28.5 Å². The minimum atomic E-state index is -0.700. The molecule has 38 heavy (non-hydrogen) atoms. The van der Waals surface area contributed by atoms with Crippen molar-refractivity contribution in [1.82, 2.24) is 14.8 Å². The van der Waals surface area contributed by atoms with E-state index >= 15 is 0 Å². The number of rotatable bonds is 6. The van der Waals surface area contributed by atoms with Gasteiger partial charge in [0, 0.05) is 29.8 Å². The van der Waals surface area contributed by atoms with Crippen molar-refractivity contribution in [2.75, 3.05) is 23.5 Å². The van der Waals surface area contributed by atoms with E-state index in [9.17, 15) is 14.0 Å². The lowest BCUT2D eigenvalue weighted by Crippen LogP contribution is -2.22. The molecule has 2 heterocycles. The first-order chi connectivity index (χ1) is 18.0. The van der Waals surface area contributed by atoms with Crippen molar-refractivity contribution in [2.24, 2.45) is 0 Å². The Labute approximate surface area is 218 Å². The standard InChI is InChI=1S/C27H27FN6O4/c1-27(2,3)22-15-24(34(33-22)17-7-5-6-16(12-17)25(35)37-4)32-26(36)31-21-9-8-18(13-20(21)28)38-19-10-11-30-23(29)14-19/h5-15H,1-4H3,(H2,29,30)(H2,31,32,36). The highest BCUT2D eigenvalue weighted by Crippen LogP contribution is 2.28. The summed E-state index contributed by atoms with van der Waals surface area (Å²) in [5.41, 5.74) is 6.80. The van der Waals surface area contributed by atoms with Crippen LogP contribution in [0, 0.1) is 5.82 Å². The number of carbonyl (C=O) groups excluding carboxylic acids is 2. The number of benzene rings is 2. The molecule has 4 N–H and O–H groups in total. The van der Waals surface area contributed by atoms with Crippen molar-refractivity contribution >= 4 is 29.3 Å². The summed E-state index contributed by atoms with van der Waals surface area (Å²) in [6.07, 6.45) is 1.47. The van der Waals surface area contributed by atoms with Crippen LogP contribution in [0.15, 0.2) is 66.9 Å². The first-order valence-electron chi connectivity index (χ1n) is 11.6. The number of pyridine rings is 1. The molecule has 0 aliphatic rings. The molecule has 11 heteroatoms. The van der Waals surface area contributed by atoms with Gasteiger partial charge >= 0.3 is 12.0 Å². The average Bonchev–Trinajstić information content (AvgIpc) is 3.29. The summed E-state index contributed by atoms with van der Waals surface area (Å²) >= 11 is 0. The Morgan fingerprint density at radius 2 is 1.76 bits per heavy atom. The molecule has 196 valence electrons. The molecule has 0 aliphatic heterocycles. The summed E-state index contributed by atoms with van der Waals surface area (Å²) in [5, 5.41) is 9.85. The van der Waals surface area contributed by atoms with Gasteiger partial charge in [0.25, 0.3) is 0 Å². The van der Waals surface area contributed by atoms with Gasteiger partial charge < -0.3 is 20.5 Å². The number of aromatic nitrogens is 3. The van der Waals surface area contributed by atoms with Crippen LogP contribution in [0.3, 0.4) is 0 Å². The van der Waals surface area contributed by atoms with Crippen molar-refractivity contribution in [1.29, 1.82) is 0 Å². The number of amides is 2. The number of nitrogens with two attached hydrogens (primary N) is 1. The van der Waals surface area contributed by atoms with Gasteiger partial charge in [-0.3, -0.25) is 5.32 Å². The first kappa shape index (κ1) is 26.1. The first-order valence-corrected chi connectivity index (χ1v) is 11.6. The average molecular weight is 519 g/mol. The number of nitrogens with one attached hydrogen (secondary N) is 2. The molecule has 0 saturated carbocycles. The van der Waals surface area contributed by atoms with Crippen LogP contribution in [0.2, 0.25) is 0 Å². The van der Waals surface area contributed by atoms with E-state index in [1.165, 1.54) is 36.2 Å². The maximum atomic E-state index is 14.8. The second-order valence-corrected chi connectivity index (χ2v) is 9.36. The SMILES string of the molecule is COC(=O)c1cccc(-n2nc(C(C)(C)C)cc2NC(=O)Nc2ccc(Oc3ccnc(N)c3)cc2F)c1. The van der Waals surface area contributed by atoms with Crippen molar-refractivity contribution in [3.63, 3.8) is 0 Å². The van der Waals surface area contributed by atoms with Gasteiger partial charge in [-0.1, -0.05) is 26.8 Å². The second kappa shape index (κ2) is 10.6. The zero-order chi connectivity index (χ0) is 27.4. The van der Waals surface area contributed by atoms with Crippen LogP contribution in [0.1, 0.15) is 36.8 Å². The largest absolute Gasteiger partial charge is 0.465 e. The van der Waals surface area contributed by atoms with Crippen LogP contribution < -0.4 is 21.1 Å². The minimum Gasteiger partial charge on any atom is -0.465 e. The molecular weight excluding hydrogens is 491 g/mol. The number of anilines is 3. The maximum absolute atomic E-state index is 14.8. The smallest absolute Gasteiger partial charge is 0.337 e. The van der Waals surface area contributed by atoms with E-state index < -0.39 is 17.8 Å². The summed E-state index contributed by atoms with van der Waals surface area (Å²) in [7, 11) is 1.30. The predicted molar refractivity (Wildman–Crippen MR) is 141 cm³/mol. The third-order valence-corrected chi connectivity index (χ3v) is 5.41. The van der Waals surface area contributed by atoms with Crippen LogP contribution in [0.4, 0.5) is 26.5 Å². The molecule has 4 aromatic rings. The van der Waals surface area contributed by atoms with Gasteiger partial charge in [-0.15, -0.1) is 0 Å². The molecule has 0 saturated heterocycles. The Bertz CT molecular complexity index is 1500. The number of methoxy groups -OCH3 is 1. The van der Waals surface area contributed by atoms with Gasteiger partial charge in [0.1, 0.15) is 29.0 Å². The lowest BCUT2D eigenvalue weighted by atomic mass is 9.92. The molecule has 0 atom stereocenters. The predicted octanol–water partition coefficient (Wildman–Crippen LogP) is 5.51. The molecule has 2 aromatic carbocycles. The number of nitrogens with zero attached hydrogens (tertiary/aromatic N) is 3. The molecule has 0 radical (unpaired) electrons. The maximum Gasteiger partial charge on any atom is 0.337 e. The van der Waals surface area contributed by atoms with E-state index in [1.807, 2.05) is 20.8 Å². The van der Waals surface area contributed by atoms with Gasteiger partial charge in [0.2, 0.25) is 0 Å². The van der Waals surface area contributed by atoms with Crippen molar-refractivity contribution in [3.05, 3.63) is 83.9 Å². The van der Waals surface area contributed by atoms with Crippen molar-refractivity contribution in [3.8, 4) is 17.2 Å². The molecule has 0 spiro atoms. The lowest BCUT2D eigenvalue weighted by molar-refractivity contribution is 0.0600. The zero-order valence-electron chi connectivity index (χ0n) is 21.3. The quantitative estimate of drug-likeness (QED) is 0.287. The number of halogens is 1. The fourth-order valence-electron chi connectivity index (χ4n) is 3.47. The fraction of sp³-hybridized carbons (Fsp3) is 0.185. The number of hydrogen-bond acceptors (Lipinski definition) is 7. The van der Waals surface area contributed by atoms with Crippen molar-refractivity contribution < 1.29 is 23.5 Å². The number of carbonyl (C=O) groups is 2. The van der Waals surface area contributed by atoms with Gasteiger partial charge in [-0.05, 0) is 36.4 Å². The molecule has 0 aliphatic carbocycles. The van der Waals surface area contributed by atoms with Gasteiger partial charge in [-0.25, -0.2) is 23.6 Å². The van der Waals surface area contributed by atoms with E-state index in [4.69, 9.17) is 15.2 Å². The van der Waals surface area contributed by atoms with Crippen molar-refractivity contribution in [2.45, 2.75) is 26.2 Å². The monoisotopic (exact) mass is 518 g/mol. The summed E-state index contributed by atoms with van der Waals surface area (Å²) in [5.74, 6) is 0.00724. The molecule has 0 bridgehead atoms. The molecular formula is C27H27FN6O4. The second-order valence-electron chi connectivity index (χ2n) is 9.36. The van der Waals surface area contributed by atoms with E-state index in [1.54, 1.807) is 36.4 Å². The number of ether oxygens (including phenoxy) is 2. The van der Waals surface area contributed by atoms with Crippen LogP contribution in [0.25, 0.3) is 5.69 Å². The van der Waals surface area contributed by atoms with Gasteiger partial charge in [-0.2, -0.15) is 5.10 Å². The highest BCUT2D eigenvalue weighted by Gasteiger charge is 2.22. The molecule has 2 amide bonds. The zero-order valence-corrected chi connectivity index (χ0v) is 21.3. The number of hydrogen-bond donors (Lipinski definition) is 3. The summed E-state index contributed by atoms with van der Waals surface area (Å²) < 4.78 is 26.7. The fourth-order valence-corrected chi connectivity index (χ4v) is 3.47. The Balaban J connectivity index is 1.55. The van der Waals surface area contributed by atoms with E-state index in [-0.39, 0.29) is 22.7 Å². The molecule has 0 unspecified atom stereocenters. The Morgan fingerprint density at radius 1 is 1.00 bits per heavy atom. The normalized spacial score (nSPS) is 11.1. The summed E-state index contributed by atoms with van der Waals surface area (Å²) in [6, 6.07) is 14.8. The molecule has 2 aromatic heterocycles. The van der Waals surface area contributed by atoms with Gasteiger partial charge in [0.05, 0.1) is 29.7 Å². The topological polar surface area (TPSA) is 133 Å². The summed E-state index contributed by atoms with van der Waals surface area (Å²) in [4.78, 5) is 28.8. The Hall–Kier alpha value is -4.93. The summed E-state index contributed by atoms with van der Waals surface area (Å²) in [6.45, 7) is 5.94. The molecule has 10 nitrogen and oxygen atoms in total. The van der Waals surface area contributed by atoms with Crippen LogP contribution in [-0.2, 0) is 10.2 Å². The Morgan fingerprint density at radius 3 is 2.45 bits per heavy atom. The van der Waals surface area contributed by atoms with Crippen LogP contribution >= 0.6 is 0 Å². The highest BCUT2D eigenvalue weighted by molar-refractivity contribution is 5.99. The minimum absolute atomic E-state index is 0.0566. The highest BCUT2D eigenvalue weighted by atomic mass is 19.1. The third kappa shape index (κ3) is 6.06.